The molecule has 0 radical (unpaired) electrons. The van der Waals surface area contributed by atoms with Gasteiger partial charge in [0.15, 0.2) is 5.84 Å². The van der Waals surface area contributed by atoms with Gasteiger partial charge in [-0.05, 0) is 30.7 Å². The molecule has 0 atom stereocenters. The highest BCUT2D eigenvalue weighted by Gasteiger charge is 2.30. The number of aryl methyl sites for hydroxylation is 1. The number of hydrazine groups is 1. The van der Waals surface area contributed by atoms with E-state index >= 15 is 0 Å². The summed E-state index contributed by atoms with van der Waals surface area (Å²) in [5.41, 5.74) is 3.67. The van der Waals surface area contributed by atoms with Crippen molar-refractivity contribution in [3.63, 3.8) is 0 Å². The summed E-state index contributed by atoms with van der Waals surface area (Å²) in [5, 5.41) is 3.69. The third-order valence-corrected chi connectivity index (χ3v) is 6.17. The van der Waals surface area contributed by atoms with E-state index in [1.807, 2.05) is 6.92 Å². The van der Waals surface area contributed by atoms with Gasteiger partial charge in [0.2, 0.25) is 0 Å². The molecule has 0 aliphatic carbocycles. The number of pyridine rings is 2. The first-order valence-corrected chi connectivity index (χ1v) is 10.7. The van der Waals surface area contributed by atoms with Gasteiger partial charge in [-0.2, -0.15) is 0 Å². The van der Waals surface area contributed by atoms with Gasteiger partial charge in [-0.25, -0.2) is 4.98 Å². The van der Waals surface area contributed by atoms with E-state index in [9.17, 15) is 13.9 Å². The third kappa shape index (κ3) is 3.25. The van der Waals surface area contributed by atoms with E-state index in [1.54, 1.807) is 47.2 Å². The average molecular weight is 414 g/mol. The molecule has 3 aromatic rings. The van der Waals surface area contributed by atoms with Crippen LogP contribution in [0.3, 0.4) is 0 Å². The van der Waals surface area contributed by atoms with Crippen LogP contribution in [0, 0.1) is 0 Å². The Balaban J connectivity index is 2.00. The molecule has 0 amide bonds. The number of amidine groups is 1. The Morgan fingerprint density at radius 3 is 2.79 bits per heavy atom. The van der Waals surface area contributed by atoms with Crippen molar-refractivity contribution in [1.29, 1.82) is 0 Å². The predicted octanol–water partition coefficient (Wildman–Crippen LogP) is 3.38. The number of hydrogen-bond acceptors (Lipinski definition) is 8. The zero-order valence-electron chi connectivity index (χ0n) is 15.8. The number of hydrogen-bond donors (Lipinski definition) is 5. The number of nitrogens with one attached hydrogen (secondary N) is 2. The van der Waals surface area contributed by atoms with E-state index in [0.717, 1.165) is 12.8 Å². The minimum Gasteiger partial charge on any atom is -0.337 e. The summed E-state index contributed by atoms with van der Waals surface area (Å²) in [5.74, 6) is 5.83. The largest absolute Gasteiger partial charge is 0.337 e. The summed E-state index contributed by atoms with van der Waals surface area (Å²) in [6.07, 6.45) is 3.31. The van der Waals surface area contributed by atoms with Crippen LogP contribution in [-0.4, -0.2) is 24.5 Å². The molecule has 2 aromatic heterocycles. The minimum absolute atomic E-state index is 0.0534. The second kappa shape index (κ2) is 7.48. The van der Waals surface area contributed by atoms with Crippen LogP contribution in [0.5, 0.6) is 0 Å². The Bertz CT molecular complexity index is 1170. The van der Waals surface area contributed by atoms with Crippen molar-refractivity contribution >= 4 is 39.0 Å². The van der Waals surface area contributed by atoms with Crippen LogP contribution in [0.4, 0.5) is 11.4 Å². The summed E-state index contributed by atoms with van der Waals surface area (Å²) in [4.78, 5) is 18.1. The topological polar surface area (TPSA) is 138 Å². The second-order valence-corrected chi connectivity index (χ2v) is 8.32. The van der Waals surface area contributed by atoms with E-state index in [0.29, 0.717) is 29.0 Å². The fourth-order valence-electron chi connectivity index (χ4n) is 3.42. The lowest BCUT2D eigenvalue weighted by Gasteiger charge is -2.34. The van der Waals surface area contributed by atoms with Crippen LogP contribution in [0.1, 0.15) is 25.3 Å². The second-order valence-electron chi connectivity index (χ2n) is 6.66. The molecular formula is C19H22N6O3S. The van der Waals surface area contributed by atoms with E-state index in [2.05, 4.69) is 20.1 Å². The molecule has 9 nitrogen and oxygen atoms in total. The number of benzene rings is 1. The molecule has 0 saturated heterocycles. The van der Waals surface area contributed by atoms with Crippen LogP contribution in [0.2, 0.25) is 0 Å². The predicted molar refractivity (Wildman–Crippen MR) is 116 cm³/mol. The lowest BCUT2D eigenvalue weighted by molar-refractivity contribution is 0.489. The van der Waals surface area contributed by atoms with Gasteiger partial charge in [-0.3, -0.25) is 24.3 Å². The maximum Gasteiger partial charge on any atom is 0.265 e. The Morgan fingerprint density at radius 1 is 1.24 bits per heavy atom. The zero-order chi connectivity index (χ0) is 20.6. The van der Waals surface area contributed by atoms with Gasteiger partial charge in [0.25, 0.3) is 5.56 Å². The number of rotatable bonds is 5. The van der Waals surface area contributed by atoms with Crippen molar-refractivity contribution in [1.82, 2.24) is 9.55 Å². The van der Waals surface area contributed by atoms with Crippen molar-refractivity contribution in [2.45, 2.75) is 31.2 Å². The minimum atomic E-state index is -3.47. The molecule has 4 rings (SSSR count). The van der Waals surface area contributed by atoms with Crippen molar-refractivity contribution in [3.8, 4) is 0 Å². The quantitative estimate of drug-likeness (QED) is 0.319. The summed E-state index contributed by atoms with van der Waals surface area (Å²) >= 11 is 0. The van der Waals surface area contributed by atoms with Crippen molar-refractivity contribution < 1.29 is 9.11 Å². The van der Waals surface area contributed by atoms with Gasteiger partial charge in [0.05, 0.1) is 11.4 Å². The Hall–Kier alpha value is -2.92. The van der Waals surface area contributed by atoms with Crippen LogP contribution in [0.25, 0.3) is 11.0 Å². The molecule has 0 unspecified atom stereocenters. The maximum absolute atomic E-state index is 13.4. The Kier molecular flexibility index (Phi) is 5.01. The van der Waals surface area contributed by atoms with Crippen LogP contribution < -0.4 is 22.1 Å². The van der Waals surface area contributed by atoms with Gasteiger partial charge in [-0.15, -0.1) is 4.40 Å². The highest BCUT2D eigenvalue weighted by atomic mass is 32.3. The molecule has 1 aromatic carbocycles. The molecule has 152 valence electrons. The van der Waals surface area contributed by atoms with Crippen LogP contribution in [-0.2, 0) is 6.54 Å². The molecule has 0 fully saturated rings. The molecule has 29 heavy (non-hydrogen) atoms. The first kappa shape index (κ1) is 19.4. The fraction of sp³-hybridized carbons (Fsp3) is 0.211. The number of anilines is 2. The highest BCUT2D eigenvalue weighted by molar-refractivity contribution is 8.23. The number of nitrogen functional groups attached to an aromatic ring is 1. The molecule has 1 aliphatic rings. The molecule has 10 heteroatoms. The number of para-hydroxylation sites is 1. The van der Waals surface area contributed by atoms with E-state index in [-0.39, 0.29) is 21.9 Å². The van der Waals surface area contributed by atoms with Gasteiger partial charge in [0.1, 0.15) is 16.1 Å². The number of unbranched alkanes of at least 4 members (excludes halogenated alkanes) is 1. The summed E-state index contributed by atoms with van der Waals surface area (Å²) < 4.78 is 26.8. The molecule has 3 heterocycles. The molecule has 0 bridgehead atoms. The Morgan fingerprint density at radius 2 is 2.03 bits per heavy atom. The van der Waals surface area contributed by atoms with Gasteiger partial charge in [0, 0.05) is 18.1 Å². The molecule has 1 aliphatic heterocycles. The third-order valence-electron chi connectivity index (χ3n) is 4.79. The molecule has 0 saturated carbocycles. The summed E-state index contributed by atoms with van der Waals surface area (Å²) in [7, 11) is -3.47. The van der Waals surface area contributed by atoms with Crippen molar-refractivity contribution in [2.75, 3.05) is 10.7 Å². The molecule has 0 spiro atoms. The van der Waals surface area contributed by atoms with Crippen LogP contribution >= 0.6 is 10.8 Å². The van der Waals surface area contributed by atoms with Gasteiger partial charge in [-0.1, -0.05) is 36.3 Å². The van der Waals surface area contributed by atoms with Gasteiger partial charge >= 0.3 is 0 Å². The number of fused-ring (bicyclic) bond motifs is 2. The van der Waals surface area contributed by atoms with Crippen molar-refractivity contribution in [3.05, 3.63) is 58.5 Å². The summed E-state index contributed by atoms with van der Waals surface area (Å²) in [6.45, 7) is 2.51. The van der Waals surface area contributed by atoms with Gasteiger partial charge < -0.3 is 10.7 Å². The zero-order valence-corrected chi connectivity index (χ0v) is 16.6. The van der Waals surface area contributed by atoms with Crippen molar-refractivity contribution in [2.24, 2.45) is 10.2 Å². The highest BCUT2D eigenvalue weighted by Crippen LogP contribution is 2.55. The normalized spacial score (nSPS) is 15.9. The lowest BCUT2D eigenvalue weighted by atomic mass is 10.1. The maximum atomic E-state index is 13.4. The standard InChI is InChI=1S/C19H22N6O3S/c1-2-3-11-25-18-12(7-6-10-21-18)16(23-20)15(19(25)26)17-22-13-8-4-5-9-14(13)29(27,28)24-17/h4-10,23,27-28H,2-3,11,20H2,1H3,(H,22,24). The van der Waals surface area contributed by atoms with E-state index in [1.165, 1.54) is 0 Å². The first-order valence-electron chi connectivity index (χ1n) is 9.20. The first-order chi connectivity index (χ1) is 14.0. The molecule has 6 N–H and O–H groups in total. The lowest BCUT2D eigenvalue weighted by Crippen LogP contribution is -2.34. The van der Waals surface area contributed by atoms with E-state index < -0.39 is 10.8 Å². The number of nitrogens with two attached hydrogens (primary N) is 1. The SMILES string of the molecule is CCCCn1c(=O)c(C2=NS(O)(O)c3ccccc3N2)c(NN)c2cccnc21. The number of nitrogens with zero attached hydrogens (tertiary/aromatic N) is 3. The molecular weight excluding hydrogens is 392 g/mol. The number of aromatic nitrogens is 2. The Labute approximate surface area is 168 Å². The smallest absolute Gasteiger partial charge is 0.265 e. The fourth-order valence-corrected chi connectivity index (χ4v) is 4.58. The average Bonchev–Trinajstić information content (AvgIpc) is 2.72. The summed E-state index contributed by atoms with van der Waals surface area (Å²) in [6, 6.07) is 10.3. The monoisotopic (exact) mass is 414 g/mol. The van der Waals surface area contributed by atoms with E-state index in [4.69, 9.17) is 5.84 Å². The van der Waals surface area contributed by atoms with Crippen LogP contribution in [0.15, 0.2) is 56.7 Å².